The molecule has 1 aliphatic heterocycles. The van der Waals surface area contributed by atoms with E-state index in [1.54, 1.807) is 36.4 Å². The van der Waals surface area contributed by atoms with Crippen LogP contribution in [-0.2, 0) is 11.3 Å². The average Bonchev–Trinajstić information content (AvgIpc) is 3.49. The fraction of sp³-hybridized carbons (Fsp3) is 0.0833. The average molecular weight is 450 g/mol. The lowest BCUT2D eigenvalue weighted by Gasteiger charge is -2.26. The van der Waals surface area contributed by atoms with E-state index in [0.29, 0.717) is 16.2 Å². The van der Waals surface area contributed by atoms with E-state index >= 15 is 0 Å². The van der Waals surface area contributed by atoms with E-state index in [1.165, 1.54) is 16.2 Å². The highest BCUT2D eigenvalue weighted by Gasteiger charge is 2.44. The molecule has 0 radical (unpaired) electrons. The molecule has 0 saturated carbocycles. The highest BCUT2D eigenvalue weighted by molar-refractivity contribution is 7.09. The van der Waals surface area contributed by atoms with Gasteiger partial charge in [-0.05, 0) is 41.3 Å². The number of hydrogen-bond donors (Lipinski definition) is 1. The van der Waals surface area contributed by atoms with Crippen molar-refractivity contribution < 1.29 is 19.1 Å². The maximum Gasteiger partial charge on any atom is 0.290 e. The van der Waals surface area contributed by atoms with Gasteiger partial charge in [-0.15, -0.1) is 11.3 Å². The predicted octanol–water partition coefficient (Wildman–Crippen LogP) is 5.93. The second-order valence-corrected chi connectivity index (χ2v) is 8.68. The molecule has 0 aliphatic carbocycles. The van der Waals surface area contributed by atoms with Gasteiger partial charge in [-0.25, -0.2) is 0 Å². The van der Waals surface area contributed by atoms with Crippen LogP contribution in [0.4, 0.5) is 0 Å². The predicted molar refractivity (Wildman–Crippen MR) is 119 cm³/mol. The van der Waals surface area contributed by atoms with Gasteiger partial charge in [-0.2, -0.15) is 0 Å². The van der Waals surface area contributed by atoms with Crippen molar-refractivity contribution in [1.82, 2.24) is 4.90 Å². The number of carbonyl (C=O) groups is 2. The Morgan fingerprint density at radius 2 is 1.87 bits per heavy atom. The second-order valence-electron chi connectivity index (χ2n) is 7.21. The first-order chi connectivity index (χ1) is 15.0. The molecule has 31 heavy (non-hydrogen) atoms. The van der Waals surface area contributed by atoms with E-state index in [1.807, 2.05) is 35.7 Å². The molecule has 1 atom stereocenters. The Hall–Kier alpha value is -3.35. The largest absolute Gasteiger partial charge is 0.503 e. The van der Waals surface area contributed by atoms with Gasteiger partial charge in [0.1, 0.15) is 5.58 Å². The van der Waals surface area contributed by atoms with Crippen LogP contribution in [0.3, 0.4) is 0 Å². The number of hydrogen-bond acceptors (Lipinski definition) is 5. The minimum atomic E-state index is -0.757. The molecule has 154 valence electrons. The standard InChI is InChI=1S/C24H16ClNO4S/c25-16-9-7-14(8-10-16)21-20(22(27)19-12-15-4-1-2-6-18(15)30-19)23(28)24(29)26(21)13-17-5-3-11-31-17/h1-12,21,28H,13H2. The maximum atomic E-state index is 13.5. The summed E-state index contributed by atoms with van der Waals surface area (Å²) in [5, 5.41) is 14.0. The summed E-state index contributed by atoms with van der Waals surface area (Å²) in [6.45, 7) is 0.269. The monoisotopic (exact) mass is 449 g/mol. The number of aliphatic hydroxyl groups is 1. The van der Waals surface area contributed by atoms with E-state index in [0.717, 1.165) is 10.3 Å². The van der Waals surface area contributed by atoms with Crippen LogP contribution in [0.2, 0.25) is 5.02 Å². The summed E-state index contributed by atoms with van der Waals surface area (Å²) in [4.78, 5) is 28.9. The first kappa shape index (κ1) is 19.6. The highest BCUT2D eigenvalue weighted by Crippen LogP contribution is 2.41. The van der Waals surface area contributed by atoms with E-state index in [2.05, 4.69) is 0 Å². The number of fused-ring (bicyclic) bond motifs is 1. The minimum absolute atomic E-state index is 0.00272. The number of benzene rings is 2. The Bertz CT molecular complexity index is 1290. The number of furan rings is 1. The molecular formula is C24H16ClNO4S. The molecule has 0 spiro atoms. The van der Waals surface area contributed by atoms with Crippen molar-refractivity contribution in [3.63, 3.8) is 0 Å². The summed E-state index contributed by atoms with van der Waals surface area (Å²) >= 11 is 7.55. The van der Waals surface area contributed by atoms with Gasteiger partial charge < -0.3 is 14.4 Å². The van der Waals surface area contributed by atoms with Gasteiger partial charge >= 0.3 is 0 Å². The van der Waals surface area contributed by atoms with Gasteiger partial charge in [-0.1, -0.05) is 48.0 Å². The van der Waals surface area contributed by atoms with E-state index < -0.39 is 23.5 Å². The number of amides is 1. The maximum absolute atomic E-state index is 13.5. The topological polar surface area (TPSA) is 70.8 Å². The van der Waals surface area contributed by atoms with Crippen LogP contribution in [0.1, 0.15) is 27.0 Å². The lowest BCUT2D eigenvalue weighted by atomic mass is 9.95. The summed E-state index contributed by atoms with van der Waals surface area (Å²) < 4.78 is 5.73. The summed E-state index contributed by atoms with van der Waals surface area (Å²) in [5.41, 5.74) is 1.24. The van der Waals surface area contributed by atoms with Crippen molar-refractivity contribution >= 4 is 45.6 Å². The van der Waals surface area contributed by atoms with Crippen molar-refractivity contribution in [1.29, 1.82) is 0 Å². The molecule has 2 aromatic carbocycles. The molecule has 4 aromatic rings. The van der Waals surface area contributed by atoms with Crippen molar-refractivity contribution in [2.75, 3.05) is 0 Å². The zero-order chi connectivity index (χ0) is 21.5. The smallest absolute Gasteiger partial charge is 0.290 e. The van der Waals surface area contributed by atoms with Crippen LogP contribution >= 0.6 is 22.9 Å². The quantitative estimate of drug-likeness (QED) is 0.383. The number of ketones is 1. The van der Waals surface area contributed by atoms with E-state index in [4.69, 9.17) is 16.0 Å². The Labute approximate surface area is 186 Å². The summed E-state index contributed by atoms with van der Waals surface area (Å²) in [7, 11) is 0. The number of rotatable bonds is 5. The zero-order valence-electron chi connectivity index (χ0n) is 16.1. The van der Waals surface area contributed by atoms with Crippen LogP contribution in [0.5, 0.6) is 0 Å². The van der Waals surface area contributed by atoms with Crippen molar-refractivity contribution in [3.8, 4) is 0 Å². The molecule has 2 aromatic heterocycles. The Balaban J connectivity index is 1.61. The van der Waals surface area contributed by atoms with Crippen molar-refractivity contribution in [3.05, 3.63) is 105 Å². The molecule has 7 heteroatoms. The third kappa shape index (κ3) is 3.44. The number of halogens is 1. The highest BCUT2D eigenvalue weighted by atomic mass is 35.5. The Morgan fingerprint density at radius 3 is 2.58 bits per heavy atom. The molecule has 1 amide bonds. The number of nitrogens with zero attached hydrogens (tertiary/aromatic N) is 1. The second kappa shape index (κ2) is 7.72. The van der Waals surface area contributed by atoms with Crippen molar-refractivity contribution in [2.24, 2.45) is 0 Å². The molecule has 1 aliphatic rings. The molecule has 0 fully saturated rings. The number of Topliss-reactive ketones (excluding diaryl/α,β-unsaturated/α-hetero) is 1. The summed E-state index contributed by atoms with van der Waals surface area (Å²) in [6, 6.07) is 18.8. The molecule has 5 nitrogen and oxygen atoms in total. The Morgan fingerprint density at radius 1 is 1.10 bits per heavy atom. The van der Waals surface area contributed by atoms with Gasteiger partial charge in [0.05, 0.1) is 18.2 Å². The van der Waals surface area contributed by atoms with Crippen LogP contribution < -0.4 is 0 Å². The summed E-state index contributed by atoms with van der Waals surface area (Å²) in [5.74, 6) is -1.59. The molecule has 5 rings (SSSR count). The fourth-order valence-electron chi connectivity index (χ4n) is 3.84. The Kier molecular flexibility index (Phi) is 4.88. The van der Waals surface area contributed by atoms with Crippen molar-refractivity contribution in [2.45, 2.75) is 12.6 Å². The number of thiophene rings is 1. The molecular weight excluding hydrogens is 434 g/mol. The zero-order valence-corrected chi connectivity index (χ0v) is 17.7. The van der Waals surface area contributed by atoms with Crippen LogP contribution in [0.15, 0.2) is 87.9 Å². The van der Waals surface area contributed by atoms with Gasteiger partial charge in [0, 0.05) is 15.3 Å². The summed E-state index contributed by atoms with van der Waals surface area (Å²) in [6.07, 6.45) is 0. The van der Waals surface area contributed by atoms with E-state index in [9.17, 15) is 14.7 Å². The van der Waals surface area contributed by atoms with Crippen LogP contribution in [0, 0.1) is 0 Å². The third-order valence-electron chi connectivity index (χ3n) is 5.29. The minimum Gasteiger partial charge on any atom is -0.503 e. The molecule has 1 unspecified atom stereocenters. The van der Waals surface area contributed by atoms with E-state index in [-0.39, 0.29) is 17.9 Å². The lowest BCUT2D eigenvalue weighted by Crippen LogP contribution is -2.30. The normalized spacial score (nSPS) is 16.5. The third-order valence-corrected chi connectivity index (χ3v) is 6.40. The fourth-order valence-corrected chi connectivity index (χ4v) is 4.67. The molecule has 0 bridgehead atoms. The molecule has 0 saturated heterocycles. The number of para-hydroxylation sites is 1. The van der Waals surface area contributed by atoms with Gasteiger partial charge in [0.25, 0.3) is 5.91 Å². The first-order valence-corrected chi connectivity index (χ1v) is 10.8. The van der Waals surface area contributed by atoms with Gasteiger partial charge in [0.2, 0.25) is 5.78 Å². The number of aliphatic hydroxyl groups excluding tert-OH is 1. The van der Waals surface area contributed by atoms with Gasteiger partial charge in [0.15, 0.2) is 11.5 Å². The van der Waals surface area contributed by atoms with Gasteiger partial charge in [-0.3, -0.25) is 9.59 Å². The lowest BCUT2D eigenvalue weighted by molar-refractivity contribution is -0.130. The molecule has 1 N–H and O–H groups in total. The van der Waals surface area contributed by atoms with Crippen LogP contribution in [-0.4, -0.2) is 21.7 Å². The first-order valence-electron chi connectivity index (χ1n) is 9.58. The molecule has 3 heterocycles. The SMILES string of the molecule is O=C(C1=C(O)C(=O)N(Cc2cccs2)C1c1ccc(Cl)cc1)c1cc2ccccc2o1. The van der Waals surface area contributed by atoms with Crippen LogP contribution in [0.25, 0.3) is 11.0 Å². The number of carbonyl (C=O) groups excluding carboxylic acids is 2.